The van der Waals surface area contributed by atoms with Crippen molar-refractivity contribution in [2.75, 3.05) is 5.73 Å². The molecule has 1 atom stereocenters. The smallest absolute Gasteiger partial charge is 0.332 e. The Morgan fingerprint density at radius 2 is 1.71 bits per heavy atom. The summed E-state index contributed by atoms with van der Waals surface area (Å²) in [6.07, 6.45) is 3.81. The number of benzene rings is 1. The minimum absolute atomic E-state index is 0.0156. The summed E-state index contributed by atoms with van der Waals surface area (Å²) >= 11 is 0. The molecule has 0 fully saturated rings. The van der Waals surface area contributed by atoms with Gasteiger partial charge in [-0.1, -0.05) is 38.1 Å². The highest BCUT2D eigenvalue weighted by Crippen LogP contribution is 2.35. The van der Waals surface area contributed by atoms with Crippen molar-refractivity contribution < 1.29 is 15.0 Å². The molecule has 0 saturated heterocycles. The van der Waals surface area contributed by atoms with Crippen molar-refractivity contribution in [2.24, 2.45) is 16.3 Å². The van der Waals surface area contributed by atoms with Gasteiger partial charge in [-0.15, -0.1) is 0 Å². The third-order valence-electron chi connectivity index (χ3n) is 5.95. The van der Waals surface area contributed by atoms with Crippen LogP contribution < -0.4 is 5.73 Å². The Balaban J connectivity index is 2.26. The van der Waals surface area contributed by atoms with Gasteiger partial charge in [-0.05, 0) is 44.2 Å². The lowest BCUT2D eigenvalue weighted by atomic mass is 9.72. The van der Waals surface area contributed by atoms with Crippen LogP contribution in [0.4, 0.5) is 5.95 Å². The van der Waals surface area contributed by atoms with Gasteiger partial charge >= 0.3 is 11.9 Å². The van der Waals surface area contributed by atoms with E-state index in [0.29, 0.717) is 0 Å². The van der Waals surface area contributed by atoms with Gasteiger partial charge in [-0.3, -0.25) is 10.2 Å². The summed E-state index contributed by atoms with van der Waals surface area (Å²) in [5.74, 6) is -0.533. The van der Waals surface area contributed by atoms with Gasteiger partial charge in [0.25, 0.3) is 0 Å². The first-order valence-corrected chi connectivity index (χ1v) is 10.2. The molecule has 166 valence electrons. The van der Waals surface area contributed by atoms with Gasteiger partial charge in [0.15, 0.2) is 0 Å². The summed E-state index contributed by atoms with van der Waals surface area (Å²) in [5, 5.41) is 26.1. The average molecular weight is 427 g/mol. The Labute approximate surface area is 182 Å². The lowest BCUT2D eigenvalue weighted by Gasteiger charge is -2.33. The van der Waals surface area contributed by atoms with Gasteiger partial charge in [0, 0.05) is 18.0 Å². The normalized spacial score (nSPS) is 14.3. The third-order valence-corrected chi connectivity index (χ3v) is 5.95. The van der Waals surface area contributed by atoms with E-state index < -0.39 is 16.8 Å². The van der Waals surface area contributed by atoms with Gasteiger partial charge in [0.2, 0.25) is 5.95 Å². The van der Waals surface area contributed by atoms with E-state index in [0.717, 1.165) is 16.7 Å². The molecule has 0 amide bonds. The summed E-state index contributed by atoms with van der Waals surface area (Å²) in [4.78, 5) is 23.6. The Kier molecular flexibility index (Phi) is 7.15. The van der Waals surface area contributed by atoms with Gasteiger partial charge < -0.3 is 15.9 Å². The molecular weight excluding hydrogens is 394 g/mol. The highest BCUT2D eigenvalue weighted by atomic mass is 16.4. The number of amidine groups is 1. The Hall–Kier alpha value is -3.29. The molecule has 6 N–H and O–H groups in total. The number of nitrogens with two attached hydrogens (primary N) is 1. The number of aromatic nitrogens is 2. The first-order valence-electron chi connectivity index (χ1n) is 10.2. The van der Waals surface area contributed by atoms with Crippen LogP contribution in [0, 0.1) is 16.7 Å². The minimum Gasteiger partial charge on any atom is -0.582 e. The van der Waals surface area contributed by atoms with Crippen LogP contribution in [0.1, 0.15) is 53.0 Å². The number of anilines is 1. The highest BCUT2D eigenvalue weighted by Gasteiger charge is 2.36. The summed E-state index contributed by atoms with van der Waals surface area (Å²) < 4.78 is 0. The molecule has 0 bridgehead atoms. The Morgan fingerprint density at radius 3 is 2.19 bits per heavy atom. The number of carboxylic acid groups (broad SMARTS) is 1. The van der Waals surface area contributed by atoms with Crippen molar-refractivity contribution in [2.45, 2.75) is 52.9 Å². The Morgan fingerprint density at radius 1 is 1.16 bits per heavy atom. The molecule has 8 nitrogen and oxygen atoms in total. The summed E-state index contributed by atoms with van der Waals surface area (Å²) in [6.45, 7) is 9.23. The molecule has 1 heterocycles. The number of aliphatic carboxylic acids is 1. The van der Waals surface area contributed by atoms with Gasteiger partial charge in [0.1, 0.15) is 5.84 Å². The number of hydrogen-bond donors (Lipinski definition) is 3. The van der Waals surface area contributed by atoms with Gasteiger partial charge in [-0.25, -0.2) is 9.97 Å². The first kappa shape index (κ1) is 24.0. The monoisotopic (exact) mass is 426 g/mol. The number of aliphatic imine (C=N–C) groups is 1. The largest absolute Gasteiger partial charge is 0.582 e. The molecule has 0 aliphatic carbocycles. The number of nitrogens with one attached hydrogen (secondary N) is 1. The molecule has 1 unspecified atom stereocenters. The second kappa shape index (κ2) is 9.24. The molecular formula is C23H32N5O3+. The lowest BCUT2D eigenvalue weighted by molar-refractivity contribution is -0.147. The standard InChI is InChI=1S/C23H31N5O3/c1-14(2)23(5,19(24)28-18(29)10-11-22(3,4)20(30)31)17-8-6-15(7-9-17)16-12-26-21(25)27-13-16/h6-9,12-14H,10-11H2,1-5H3,(H,30,31)(H2,24,28,29)(H2,25,26,27)/p+1. The quantitative estimate of drug-likeness (QED) is 0.335. The zero-order chi connectivity index (χ0) is 23.4. The van der Waals surface area contributed by atoms with Crippen molar-refractivity contribution in [3.8, 4) is 11.1 Å². The SMILES string of the molecule is CC(C)C(C)(C(=N)N=C([OH2+])CCC(C)(C)C(=O)O)c1ccc(-c2cnc(N)nc2)cc1. The van der Waals surface area contributed by atoms with E-state index in [1.165, 1.54) is 0 Å². The predicted molar refractivity (Wildman–Crippen MR) is 123 cm³/mol. The number of nitrogens with zero attached hydrogens (tertiary/aromatic N) is 3. The van der Waals surface area contributed by atoms with Crippen LogP contribution >= 0.6 is 0 Å². The maximum atomic E-state index is 11.3. The fraction of sp³-hybridized carbons (Fsp3) is 0.435. The average Bonchev–Trinajstić information content (AvgIpc) is 2.72. The Bertz CT molecular complexity index is 966. The van der Waals surface area contributed by atoms with Crippen molar-refractivity contribution in [1.29, 1.82) is 5.41 Å². The summed E-state index contributed by atoms with van der Waals surface area (Å²) in [5.41, 5.74) is 6.60. The van der Waals surface area contributed by atoms with E-state index in [1.807, 2.05) is 45.0 Å². The summed E-state index contributed by atoms with van der Waals surface area (Å²) in [6, 6.07) is 7.79. The molecule has 1 aromatic heterocycles. The molecule has 8 heteroatoms. The maximum Gasteiger partial charge on any atom is 0.332 e. The molecule has 1 aromatic carbocycles. The van der Waals surface area contributed by atoms with E-state index in [4.69, 9.17) is 16.2 Å². The topological polar surface area (TPSA) is 148 Å². The minimum atomic E-state index is -0.937. The zero-order valence-corrected chi connectivity index (χ0v) is 18.7. The second-order valence-electron chi connectivity index (χ2n) is 8.86. The van der Waals surface area contributed by atoms with Gasteiger partial charge in [0.05, 0.1) is 17.3 Å². The van der Waals surface area contributed by atoms with Crippen molar-refractivity contribution in [1.82, 2.24) is 9.97 Å². The molecule has 0 aliphatic rings. The molecule has 0 spiro atoms. The van der Waals surface area contributed by atoms with Crippen LogP contribution in [-0.2, 0) is 10.2 Å². The number of nitrogen functional groups attached to an aromatic ring is 1. The molecule has 2 aromatic rings. The van der Waals surface area contributed by atoms with E-state index in [2.05, 4.69) is 15.0 Å². The third kappa shape index (κ3) is 5.45. The fourth-order valence-corrected chi connectivity index (χ4v) is 3.08. The van der Waals surface area contributed by atoms with Crippen LogP contribution in [0.2, 0.25) is 0 Å². The van der Waals surface area contributed by atoms with E-state index in [-0.39, 0.29) is 36.4 Å². The van der Waals surface area contributed by atoms with E-state index >= 15 is 0 Å². The number of carbonyl (C=O) groups is 1. The van der Waals surface area contributed by atoms with Crippen molar-refractivity contribution in [3.63, 3.8) is 0 Å². The van der Waals surface area contributed by atoms with Crippen molar-refractivity contribution in [3.05, 3.63) is 42.2 Å². The molecule has 0 saturated carbocycles. The fourth-order valence-electron chi connectivity index (χ4n) is 3.08. The predicted octanol–water partition coefficient (Wildman–Crippen LogP) is 3.63. The summed E-state index contributed by atoms with van der Waals surface area (Å²) in [7, 11) is 0. The van der Waals surface area contributed by atoms with Crippen LogP contribution in [0.3, 0.4) is 0 Å². The number of carboxylic acids is 1. The van der Waals surface area contributed by atoms with E-state index in [1.54, 1.807) is 26.2 Å². The number of rotatable bonds is 8. The highest BCUT2D eigenvalue weighted by molar-refractivity contribution is 5.98. The van der Waals surface area contributed by atoms with Crippen LogP contribution in [0.15, 0.2) is 41.7 Å². The number of hydrogen-bond acceptors (Lipinski definition) is 5. The van der Waals surface area contributed by atoms with Crippen LogP contribution in [0.5, 0.6) is 0 Å². The second-order valence-corrected chi connectivity index (χ2v) is 8.86. The molecule has 0 aliphatic heterocycles. The zero-order valence-electron chi connectivity index (χ0n) is 18.7. The molecule has 0 radical (unpaired) electrons. The van der Waals surface area contributed by atoms with Crippen LogP contribution in [0.25, 0.3) is 11.1 Å². The van der Waals surface area contributed by atoms with E-state index in [9.17, 15) is 9.90 Å². The molecule has 31 heavy (non-hydrogen) atoms. The maximum absolute atomic E-state index is 11.3. The van der Waals surface area contributed by atoms with Gasteiger partial charge in [-0.2, -0.15) is 4.99 Å². The van der Waals surface area contributed by atoms with Crippen molar-refractivity contribution >= 4 is 23.7 Å². The first-order chi connectivity index (χ1) is 14.4. The molecule has 2 rings (SSSR count). The van der Waals surface area contributed by atoms with Crippen LogP contribution in [-0.4, -0.2) is 37.9 Å². The lowest BCUT2D eigenvalue weighted by Crippen LogP contribution is -2.37.